The molecule has 1 heterocycles. The number of aromatic nitrogens is 1. The first kappa shape index (κ1) is 11.6. The van der Waals surface area contributed by atoms with Crippen molar-refractivity contribution in [1.29, 1.82) is 0 Å². The van der Waals surface area contributed by atoms with Gasteiger partial charge >= 0.3 is 0 Å². The van der Waals surface area contributed by atoms with Crippen molar-refractivity contribution in [3.63, 3.8) is 0 Å². The van der Waals surface area contributed by atoms with E-state index in [-0.39, 0.29) is 6.04 Å². The Bertz CT molecular complexity index is 315. The van der Waals surface area contributed by atoms with Gasteiger partial charge in [0.15, 0.2) is 0 Å². The van der Waals surface area contributed by atoms with Gasteiger partial charge < -0.3 is 9.73 Å². The molecule has 1 unspecified atom stereocenters. The minimum absolute atomic E-state index is 0.224. The summed E-state index contributed by atoms with van der Waals surface area (Å²) in [6.45, 7) is 5.14. The summed E-state index contributed by atoms with van der Waals surface area (Å²) in [5.74, 6) is 2.55. The summed E-state index contributed by atoms with van der Waals surface area (Å²) < 4.78 is 5.86. The first-order valence-corrected chi connectivity index (χ1v) is 6.50. The molecule has 16 heavy (non-hydrogen) atoms. The molecule has 0 aliphatic heterocycles. The number of nitrogens with one attached hydrogen (secondary N) is 1. The number of hydrogen-bond acceptors (Lipinski definition) is 3. The van der Waals surface area contributed by atoms with Gasteiger partial charge in [-0.25, -0.2) is 4.98 Å². The number of rotatable bonds is 4. The van der Waals surface area contributed by atoms with Crippen molar-refractivity contribution in [2.45, 2.75) is 57.9 Å². The molecule has 90 valence electrons. The van der Waals surface area contributed by atoms with Crippen LogP contribution in [-0.4, -0.2) is 11.5 Å². The molecule has 1 aromatic rings. The van der Waals surface area contributed by atoms with E-state index in [0.29, 0.717) is 5.92 Å². The number of hydrogen-bond donors (Lipinski definition) is 1. The van der Waals surface area contributed by atoms with Gasteiger partial charge in [-0.3, -0.25) is 0 Å². The predicted octanol–water partition coefficient (Wildman–Crippen LogP) is 3.39. The quantitative estimate of drug-likeness (QED) is 0.848. The zero-order valence-electron chi connectivity index (χ0n) is 10.3. The van der Waals surface area contributed by atoms with Crippen LogP contribution in [0.3, 0.4) is 0 Å². The van der Waals surface area contributed by atoms with Gasteiger partial charge in [0.05, 0.1) is 12.2 Å². The molecule has 1 aromatic heterocycles. The van der Waals surface area contributed by atoms with Crippen LogP contribution in [-0.2, 0) is 0 Å². The summed E-state index contributed by atoms with van der Waals surface area (Å²) in [7, 11) is 0. The third-order valence-electron chi connectivity index (χ3n) is 3.43. The highest BCUT2D eigenvalue weighted by Gasteiger charge is 2.20. The van der Waals surface area contributed by atoms with Gasteiger partial charge in [0.2, 0.25) is 5.89 Å². The van der Waals surface area contributed by atoms with E-state index in [1.54, 1.807) is 0 Å². The van der Waals surface area contributed by atoms with E-state index in [1.807, 2.05) is 6.20 Å². The van der Waals surface area contributed by atoms with Gasteiger partial charge in [-0.05, 0) is 26.3 Å². The summed E-state index contributed by atoms with van der Waals surface area (Å²) in [5.41, 5.74) is 0. The molecule has 0 radical (unpaired) electrons. The topological polar surface area (TPSA) is 38.1 Å². The third-order valence-corrected chi connectivity index (χ3v) is 3.43. The van der Waals surface area contributed by atoms with Crippen LogP contribution in [0.5, 0.6) is 0 Å². The van der Waals surface area contributed by atoms with Gasteiger partial charge in [0.1, 0.15) is 5.76 Å². The van der Waals surface area contributed by atoms with Crippen molar-refractivity contribution in [1.82, 2.24) is 10.3 Å². The second kappa shape index (κ2) is 5.48. The van der Waals surface area contributed by atoms with E-state index in [2.05, 4.69) is 24.1 Å². The second-order valence-electron chi connectivity index (χ2n) is 4.72. The second-order valence-corrected chi connectivity index (χ2v) is 4.72. The molecular weight excluding hydrogens is 200 g/mol. The minimum Gasteiger partial charge on any atom is -0.444 e. The van der Waals surface area contributed by atoms with E-state index in [9.17, 15) is 0 Å². The standard InChI is InChI=1S/C13H22N2O/c1-3-14-10(2)13-15-9-12(16-13)11-7-5-4-6-8-11/h9-11,14H,3-8H2,1-2H3. The van der Waals surface area contributed by atoms with Crippen LogP contribution in [0.15, 0.2) is 10.6 Å². The van der Waals surface area contributed by atoms with Crippen LogP contribution in [0.25, 0.3) is 0 Å². The molecule has 1 N–H and O–H groups in total. The van der Waals surface area contributed by atoms with Crippen molar-refractivity contribution in [3.8, 4) is 0 Å². The molecule has 1 atom stereocenters. The molecule has 1 aliphatic carbocycles. The Morgan fingerprint density at radius 2 is 2.19 bits per heavy atom. The zero-order chi connectivity index (χ0) is 11.4. The summed E-state index contributed by atoms with van der Waals surface area (Å²) >= 11 is 0. The van der Waals surface area contributed by atoms with Gasteiger partial charge in [0, 0.05) is 5.92 Å². The van der Waals surface area contributed by atoms with Gasteiger partial charge in [-0.15, -0.1) is 0 Å². The molecule has 1 aliphatic rings. The van der Waals surface area contributed by atoms with Gasteiger partial charge in [-0.1, -0.05) is 26.2 Å². The van der Waals surface area contributed by atoms with Crippen molar-refractivity contribution in [3.05, 3.63) is 17.8 Å². The Morgan fingerprint density at radius 1 is 1.44 bits per heavy atom. The maximum Gasteiger partial charge on any atom is 0.211 e. The molecule has 1 saturated carbocycles. The fourth-order valence-corrected chi connectivity index (χ4v) is 2.47. The Hall–Kier alpha value is -0.830. The summed E-state index contributed by atoms with van der Waals surface area (Å²) in [4.78, 5) is 4.38. The average molecular weight is 222 g/mol. The Labute approximate surface area is 97.6 Å². The molecule has 3 nitrogen and oxygen atoms in total. The van der Waals surface area contributed by atoms with E-state index < -0.39 is 0 Å². The fraction of sp³-hybridized carbons (Fsp3) is 0.769. The predicted molar refractivity (Wildman–Crippen MR) is 64.4 cm³/mol. The van der Waals surface area contributed by atoms with Crippen LogP contribution in [0, 0.1) is 0 Å². The zero-order valence-corrected chi connectivity index (χ0v) is 10.3. The van der Waals surface area contributed by atoms with Crippen molar-refractivity contribution < 1.29 is 4.42 Å². The van der Waals surface area contributed by atoms with E-state index in [4.69, 9.17) is 4.42 Å². The average Bonchev–Trinajstić information content (AvgIpc) is 2.80. The minimum atomic E-state index is 0.224. The first-order chi connectivity index (χ1) is 7.81. The lowest BCUT2D eigenvalue weighted by Gasteiger charge is -2.18. The Balaban J connectivity index is 2.00. The van der Waals surface area contributed by atoms with Gasteiger partial charge in [-0.2, -0.15) is 0 Å². The van der Waals surface area contributed by atoms with E-state index in [1.165, 1.54) is 32.1 Å². The maximum atomic E-state index is 5.86. The summed E-state index contributed by atoms with van der Waals surface area (Å²) in [6, 6.07) is 0.224. The van der Waals surface area contributed by atoms with E-state index >= 15 is 0 Å². The van der Waals surface area contributed by atoms with Crippen LogP contribution < -0.4 is 5.32 Å². The molecular formula is C13H22N2O. The van der Waals surface area contributed by atoms with Crippen molar-refractivity contribution in [2.24, 2.45) is 0 Å². The lowest BCUT2D eigenvalue weighted by Crippen LogP contribution is -2.17. The highest BCUT2D eigenvalue weighted by molar-refractivity contribution is 5.04. The first-order valence-electron chi connectivity index (χ1n) is 6.50. The van der Waals surface area contributed by atoms with Crippen LogP contribution >= 0.6 is 0 Å². The molecule has 0 saturated heterocycles. The molecule has 3 heteroatoms. The van der Waals surface area contributed by atoms with Crippen LogP contribution in [0.1, 0.15) is 69.6 Å². The molecule has 1 fully saturated rings. The number of nitrogens with zero attached hydrogens (tertiary/aromatic N) is 1. The molecule has 0 bridgehead atoms. The Morgan fingerprint density at radius 3 is 2.88 bits per heavy atom. The highest BCUT2D eigenvalue weighted by Crippen LogP contribution is 2.33. The van der Waals surface area contributed by atoms with Crippen LogP contribution in [0.4, 0.5) is 0 Å². The molecule has 0 amide bonds. The smallest absolute Gasteiger partial charge is 0.211 e. The van der Waals surface area contributed by atoms with Crippen molar-refractivity contribution >= 4 is 0 Å². The van der Waals surface area contributed by atoms with E-state index in [0.717, 1.165) is 18.2 Å². The maximum absolute atomic E-state index is 5.86. The molecule has 0 aromatic carbocycles. The number of oxazole rings is 1. The highest BCUT2D eigenvalue weighted by atomic mass is 16.4. The molecule has 2 rings (SSSR count). The SMILES string of the molecule is CCNC(C)c1ncc(C2CCCCC2)o1. The summed E-state index contributed by atoms with van der Waals surface area (Å²) in [5, 5.41) is 3.32. The summed E-state index contributed by atoms with van der Waals surface area (Å²) in [6.07, 6.45) is 8.52. The lowest BCUT2D eigenvalue weighted by atomic mass is 9.88. The van der Waals surface area contributed by atoms with Crippen molar-refractivity contribution in [2.75, 3.05) is 6.54 Å². The lowest BCUT2D eigenvalue weighted by molar-refractivity contribution is 0.341. The monoisotopic (exact) mass is 222 g/mol. The Kier molecular flexibility index (Phi) is 3.99. The van der Waals surface area contributed by atoms with Crippen LogP contribution in [0.2, 0.25) is 0 Å². The van der Waals surface area contributed by atoms with Gasteiger partial charge in [0.25, 0.3) is 0 Å². The fourth-order valence-electron chi connectivity index (χ4n) is 2.47. The largest absolute Gasteiger partial charge is 0.444 e. The molecule has 0 spiro atoms. The normalized spacial score (nSPS) is 19.9. The third kappa shape index (κ3) is 2.64.